The van der Waals surface area contributed by atoms with Crippen LogP contribution in [0.3, 0.4) is 0 Å². The fourth-order valence-corrected chi connectivity index (χ4v) is 1.98. The highest BCUT2D eigenvalue weighted by Gasteiger charge is 2.27. The SMILES string of the molecule is C/C=C(/NC(=O)c1cc(COCC(F)(F)F)nn1C)N(N)CO[P+](=O)O. The molecule has 1 rings (SSSR count). The van der Waals surface area contributed by atoms with Gasteiger partial charge >= 0.3 is 14.4 Å². The van der Waals surface area contributed by atoms with Crippen LogP contribution in [0.5, 0.6) is 0 Å². The van der Waals surface area contributed by atoms with E-state index in [-0.39, 0.29) is 17.2 Å². The van der Waals surface area contributed by atoms with Crippen molar-refractivity contribution in [2.24, 2.45) is 12.9 Å². The second kappa shape index (κ2) is 9.59. The van der Waals surface area contributed by atoms with Crippen molar-refractivity contribution in [1.82, 2.24) is 20.1 Å². The first kappa shape index (κ1) is 22.0. The van der Waals surface area contributed by atoms with Gasteiger partial charge in [-0.1, -0.05) is 4.52 Å². The molecule has 0 radical (unpaired) electrons. The molecule has 0 aliphatic rings. The Kier molecular flexibility index (Phi) is 8.11. The summed E-state index contributed by atoms with van der Waals surface area (Å²) in [6.45, 7) is -0.762. The largest absolute Gasteiger partial charge is 0.696 e. The summed E-state index contributed by atoms with van der Waals surface area (Å²) in [7, 11) is -1.44. The minimum absolute atomic E-state index is 0.0394. The molecule has 0 aliphatic heterocycles. The molecule has 26 heavy (non-hydrogen) atoms. The molecule has 0 fully saturated rings. The highest BCUT2D eigenvalue weighted by molar-refractivity contribution is 7.32. The van der Waals surface area contributed by atoms with Crippen LogP contribution in [0.2, 0.25) is 0 Å². The van der Waals surface area contributed by atoms with Gasteiger partial charge in [0.1, 0.15) is 18.1 Å². The Bertz CT molecular complexity index is 679. The van der Waals surface area contributed by atoms with Gasteiger partial charge in [-0.25, -0.2) is 5.84 Å². The summed E-state index contributed by atoms with van der Waals surface area (Å²) in [5.41, 5.74) is 0.173. The minimum Gasteiger partial charge on any atom is -0.366 e. The van der Waals surface area contributed by atoms with Gasteiger partial charge in [0.2, 0.25) is 0 Å². The third-order valence-corrected chi connectivity index (χ3v) is 3.15. The van der Waals surface area contributed by atoms with Gasteiger partial charge in [-0.3, -0.25) is 14.5 Å². The van der Waals surface area contributed by atoms with Gasteiger partial charge in [-0.15, -0.1) is 4.89 Å². The van der Waals surface area contributed by atoms with E-state index >= 15 is 0 Å². The number of hydrogen-bond acceptors (Lipinski definition) is 7. The molecule has 4 N–H and O–H groups in total. The van der Waals surface area contributed by atoms with Crippen LogP contribution in [0.4, 0.5) is 13.2 Å². The third kappa shape index (κ3) is 7.45. The lowest BCUT2D eigenvalue weighted by molar-refractivity contribution is -0.176. The predicted molar refractivity (Wildman–Crippen MR) is 81.9 cm³/mol. The van der Waals surface area contributed by atoms with Crippen LogP contribution in [0.15, 0.2) is 18.0 Å². The monoisotopic (exact) mass is 400 g/mol. The van der Waals surface area contributed by atoms with Gasteiger partial charge < -0.3 is 10.1 Å². The molecule has 0 saturated carbocycles. The molecular formula is C12H18F3N5O5P+. The van der Waals surface area contributed by atoms with Crippen molar-refractivity contribution < 1.29 is 36.7 Å². The van der Waals surface area contributed by atoms with Crippen molar-refractivity contribution in [3.05, 3.63) is 29.4 Å². The van der Waals surface area contributed by atoms with E-state index in [4.69, 9.17) is 10.7 Å². The molecule has 1 aromatic heterocycles. The highest BCUT2D eigenvalue weighted by Crippen LogP contribution is 2.16. The van der Waals surface area contributed by atoms with Gasteiger partial charge in [-0.05, 0) is 19.1 Å². The number of carbonyl (C=O) groups is 1. The molecule has 0 aromatic carbocycles. The van der Waals surface area contributed by atoms with E-state index in [1.54, 1.807) is 6.92 Å². The lowest BCUT2D eigenvalue weighted by Crippen LogP contribution is -2.40. The molecular weight excluding hydrogens is 382 g/mol. The standard InChI is InChI=1S/C12H17F3N5O5P/c1-3-10(20(16)7-25-26(22)23)17-11(21)9-4-8(18-19(9)2)5-24-6-12(13,14)15/h3-4H,5-7,16H2,1-2H3,(H-,17,21,22,23)/p+1/b10-3-. The molecule has 14 heteroatoms. The number of carbonyl (C=O) groups excluding carboxylic acids is 1. The number of allylic oxidation sites excluding steroid dienone is 1. The van der Waals surface area contributed by atoms with E-state index in [2.05, 4.69) is 19.7 Å². The number of hydrogen-bond donors (Lipinski definition) is 3. The quantitative estimate of drug-likeness (QED) is 0.241. The van der Waals surface area contributed by atoms with Gasteiger partial charge in [0, 0.05) is 11.6 Å². The number of alkyl halides is 3. The lowest BCUT2D eigenvalue weighted by atomic mass is 10.3. The van der Waals surface area contributed by atoms with Crippen LogP contribution in [-0.4, -0.2) is 45.1 Å². The van der Waals surface area contributed by atoms with Crippen molar-refractivity contribution in [2.45, 2.75) is 19.7 Å². The Morgan fingerprint density at radius 3 is 2.77 bits per heavy atom. The zero-order valence-corrected chi connectivity index (χ0v) is 14.8. The minimum atomic E-state index is -4.46. The smallest absolute Gasteiger partial charge is 0.366 e. The Morgan fingerprint density at radius 1 is 1.58 bits per heavy atom. The summed E-state index contributed by atoms with van der Waals surface area (Å²) in [6.07, 6.45) is -3.04. The predicted octanol–water partition coefficient (Wildman–Crippen LogP) is 0.890. The summed E-state index contributed by atoms with van der Waals surface area (Å²) in [5, 5.41) is 7.20. The first-order valence-corrected chi connectivity index (χ1v) is 8.13. The second-order valence-corrected chi connectivity index (χ2v) is 5.58. The van der Waals surface area contributed by atoms with E-state index in [0.717, 1.165) is 9.69 Å². The third-order valence-electron chi connectivity index (χ3n) is 2.81. The maximum absolute atomic E-state index is 12.3. The number of nitrogens with zero attached hydrogens (tertiary/aromatic N) is 3. The van der Waals surface area contributed by atoms with Crippen LogP contribution >= 0.6 is 8.25 Å². The molecule has 0 spiro atoms. The number of ether oxygens (including phenoxy) is 1. The first-order valence-electron chi connectivity index (χ1n) is 7.00. The average molecular weight is 400 g/mol. The zero-order valence-electron chi connectivity index (χ0n) is 13.9. The molecule has 1 heterocycles. The van der Waals surface area contributed by atoms with Gasteiger partial charge in [0.05, 0.1) is 12.3 Å². The van der Waals surface area contributed by atoms with Gasteiger partial charge in [-0.2, -0.15) is 18.3 Å². The maximum Gasteiger partial charge on any atom is 0.696 e. The number of hydrazine groups is 1. The lowest BCUT2D eigenvalue weighted by Gasteiger charge is -2.19. The molecule has 0 aliphatic carbocycles. The summed E-state index contributed by atoms with van der Waals surface area (Å²) >= 11 is 0. The molecule has 0 bridgehead atoms. The number of nitrogens with two attached hydrogens (primary N) is 1. The Morgan fingerprint density at radius 2 is 2.23 bits per heavy atom. The Balaban J connectivity index is 2.70. The van der Waals surface area contributed by atoms with Crippen molar-refractivity contribution >= 4 is 14.2 Å². The first-order chi connectivity index (χ1) is 12.0. The average Bonchev–Trinajstić information content (AvgIpc) is 2.89. The van der Waals surface area contributed by atoms with Crippen LogP contribution in [-0.2, 0) is 27.5 Å². The molecule has 1 aromatic rings. The molecule has 0 saturated heterocycles. The number of aromatic nitrogens is 2. The van der Waals surface area contributed by atoms with E-state index in [1.165, 1.54) is 19.2 Å². The van der Waals surface area contributed by atoms with Crippen LogP contribution in [0.1, 0.15) is 23.1 Å². The summed E-state index contributed by atoms with van der Waals surface area (Å²) in [4.78, 5) is 20.8. The Labute approximate surface area is 147 Å². The number of nitrogens with one attached hydrogen (secondary N) is 1. The summed E-state index contributed by atoms with van der Waals surface area (Å²) in [6, 6.07) is 1.26. The van der Waals surface area contributed by atoms with Crippen molar-refractivity contribution in [2.75, 3.05) is 13.3 Å². The van der Waals surface area contributed by atoms with Crippen LogP contribution < -0.4 is 11.2 Å². The van der Waals surface area contributed by atoms with E-state index in [1.807, 2.05) is 0 Å². The molecule has 146 valence electrons. The molecule has 1 atom stereocenters. The topological polar surface area (TPSA) is 132 Å². The normalized spacial score (nSPS) is 12.9. The second-order valence-electron chi connectivity index (χ2n) is 4.85. The molecule has 1 unspecified atom stereocenters. The van der Waals surface area contributed by atoms with Gasteiger partial charge in [0.15, 0.2) is 6.73 Å². The van der Waals surface area contributed by atoms with Gasteiger partial charge in [0.25, 0.3) is 5.91 Å². The highest BCUT2D eigenvalue weighted by atomic mass is 31.1. The fraction of sp³-hybridized carbons (Fsp3) is 0.500. The molecule has 1 amide bonds. The molecule has 10 nitrogen and oxygen atoms in total. The van der Waals surface area contributed by atoms with Crippen molar-refractivity contribution in [3.63, 3.8) is 0 Å². The fourth-order valence-electron chi connectivity index (χ4n) is 1.75. The van der Waals surface area contributed by atoms with Crippen molar-refractivity contribution in [3.8, 4) is 0 Å². The zero-order chi connectivity index (χ0) is 19.9. The number of halogens is 3. The maximum atomic E-state index is 12.3. The summed E-state index contributed by atoms with van der Waals surface area (Å²) < 4.78 is 56.7. The number of aryl methyl sites for hydroxylation is 1. The Hall–Kier alpha value is -2.05. The van der Waals surface area contributed by atoms with E-state index in [9.17, 15) is 22.5 Å². The number of amides is 1. The summed E-state index contributed by atoms with van der Waals surface area (Å²) in [5.74, 6) is 5.01. The van der Waals surface area contributed by atoms with Crippen molar-refractivity contribution in [1.29, 1.82) is 0 Å². The van der Waals surface area contributed by atoms with Crippen LogP contribution in [0, 0.1) is 0 Å². The van der Waals surface area contributed by atoms with Crippen LogP contribution in [0.25, 0.3) is 0 Å². The number of rotatable bonds is 9. The van der Waals surface area contributed by atoms with E-state index < -0.39 is 40.3 Å². The van der Waals surface area contributed by atoms with E-state index in [0.29, 0.717) is 0 Å².